The van der Waals surface area contributed by atoms with Crippen LogP contribution in [0, 0.1) is 0 Å². The summed E-state index contributed by atoms with van der Waals surface area (Å²) in [4.78, 5) is 14.3. The molecule has 0 N–H and O–H groups in total. The second-order valence-corrected chi connectivity index (χ2v) is 8.30. The maximum atomic E-state index is 12.9. The van der Waals surface area contributed by atoms with E-state index in [0.717, 1.165) is 5.41 Å². The van der Waals surface area contributed by atoms with E-state index in [9.17, 15) is 13.2 Å². The lowest BCUT2D eigenvalue weighted by Crippen LogP contribution is -2.43. The average molecular weight is 408 g/mol. The van der Waals surface area contributed by atoms with E-state index in [1.807, 2.05) is 0 Å². The Kier molecular flexibility index (Phi) is 5.72. The lowest BCUT2D eigenvalue weighted by Gasteiger charge is -2.27. The maximum absolute atomic E-state index is 12.9. The van der Waals surface area contributed by atoms with Crippen molar-refractivity contribution in [2.45, 2.75) is 6.04 Å². The molecule has 0 spiro atoms. The lowest BCUT2D eigenvalue weighted by atomic mass is 10.2. The van der Waals surface area contributed by atoms with Crippen LogP contribution >= 0.6 is 11.6 Å². The van der Waals surface area contributed by atoms with Gasteiger partial charge in [0.15, 0.2) is 16.4 Å². The van der Waals surface area contributed by atoms with Crippen molar-refractivity contribution in [3.05, 3.63) is 65.0 Å². The molecule has 0 aliphatic carbocycles. The van der Waals surface area contributed by atoms with E-state index < -0.39 is 15.9 Å². The number of hydrogen-bond acceptors (Lipinski definition) is 5. The van der Waals surface area contributed by atoms with Crippen molar-refractivity contribution in [2.24, 2.45) is 0 Å². The SMILES string of the molecule is COc1ccc(N(C(=O)COc2ccc(Cl)cc2)C2C=CS(=O)(=O)C2)cc1. The summed E-state index contributed by atoms with van der Waals surface area (Å²) in [6.07, 6.45) is 1.51. The summed E-state index contributed by atoms with van der Waals surface area (Å²) in [7, 11) is -1.78. The molecule has 27 heavy (non-hydrogen) atoms. The number of carbonyl (C=O) groups is 1. The molecule has 0 saturated carbocycles. The normalized spacial score (nSPS) is 17.5. The molecule has 8 heteroatoms. The third-order valence-corrected chi connectivity index (χ3v) is 5.67. The van der Waals surface area contributed by atoms with Gasteiger partial charge in [0.2, 0.25) is 0 Å². The number of methoxy groups -OCH3 is 1. The Labute approximate surface area is 162 Å². The highest BCUT2D eigenvalue weighted by atomic mass is 35.5. The molecule has 2 aromatic carbocycles. The third kappa shape index (κ3) is 4.81. The van der Waals surface area contributed by atoms with Crippen LogP contribution in [0.25, 0.3) is 0 Å². The number of benzene rings is 2. The molecule has 142 valence electrons. The van der Waals surface area contributed by atoms with E-state index in [-0.39, 0.29) is 18.3 Å². The van der Waals surface area contributed by atoms with Crippen molar-refractivity contribution < 1.29 is 22.7 Å². The summed E-state index contributed by atoms with van der Waals surface area (Å²) in [5.41, 5.74) is 0.562. The van der Waals surface area contributed by atoms with Gasteiger partial charge in [-0.15, -0.1) is 0 Å². The van der Waals surface area contributed by atoms with Crippen LogP contribution in [0.1, 0.15) is 0 Å². The minimum atomic E-state index is -3.32. The highest BCUT2D eigenvalue weighted by Gasteiger charge is 2.31. The summed E-state index contributed by atoms with van der Waals surface area (Å²) in [6.45, 7) is -0.238. The fourth-order valence-corrected chi connectivity index (χ4v) is 4.12. The van der Waals surface area contributed by atoms with E-state index in [2.05, 4.69) is 0 Å². The lowest BCUT2D eigenvalue weighted by molar-refractivity contribution is -0.120. The first-order valence-corrected chi connectivity index (χ1v) is 10.2. The van der Waals surface area contributed by atoms with Gasteiger partial charge in [0, 0.05) is 16.1 Å². The van der Waals surface area contributed by atoms with Crippen LogP contribution in [0.4, 0.5) is 5.69 Å². The smallest absolute Gasteiger partial charge is 0.265 e. The molecule has 1 unspecified atom stereocenters. The van der Waals surface area contributed by atoms with E-state index >= 15 is 0 Å². The number of anilines is 1. The van der Waals surface area contributed by atoms with E-state index in [4.69, 9.17) is 21.1 Å². The molecule has 0 saturated heterocycles. The fraction of sp³-hybridized carbons (Fsp3) is 0.211. The first-order valence-electron chi connectivity index (χ1n) is 8.13. The number of halogens is 1. The summed E-state index contributed by atoms with van der Waals surface area (Å²) in [6, 6.07) is 12.9. The summed E-state index contributed by atoms with van der Waals surface area (Å²) in [5, 5.41) is 1.71. The highest BCUT2D eigenvalue weighted by Crippen LogP contribution is 2.25. The summed E-state index contributed by atoms with van der Waals surface area (Å²) < 4.78 is 34.3. The quantitative estimate of drug-likeness (QED) is 0.735. The predicted octanol–water partition coefficient (Wildman–Crippen LogP) is 3.07. The van der Waals surface area contributed by atoms with Crippen LogP contribution in [0.2, 0.25) is 5.02 Å². The molecule has 0 bridgehead atoms. The van der Waals surface area contributed by atoms with Crippen LogP contribution in [0.5, 0.6) is 11.5 Å². The van der Waals surface area contributed by atoms with E-state index in [1.54, 1.807) is 55.6 Å². The molecule has 1 atom stereocenters. The molecule has 1 aliphatic rings. The molecule has 1 heterocycles. The average Bonchev–Trinajstić information content (AvgIpc) is 3.01. The van der Waals surface area contributed by atoms with Gasteiger partial charge in [0.1, 0.15) is 11.5 Å². The topological polar surface area (TPSA) is 72.9 Å². The van der Waals surface area contributed by atoms with Crippen molar-refractivity contribution >= 4 is 33.0 Å². The van der Waals surface area contributed by atoms with Crippen LogP contribution in [-0.4, -0.2) is 39.8 Å². The molecule has 1 amide bonds. The zero-order valence-electron chi connectivity index (χ0n) is 14.5. The molecule has 1 aliphatic heterocycles. The number of amides is 1. The molecule has 2 aromatic rings. The first kappa shape index (κ1) is 19.3. The fourth-order valence-electron chi connectivity index (χ4n) is 2.73. The summed E-state index contributed by atoms with van der Waals surface area (Å²) in [5.74, 6) is 0.614. The Morgan fingerprint density at radius 1 is 1.11 bits per heavy atom. The second kappa shape index (κ2) is 8.02. The van der Waals surface area contributed by atoms with Gasteiger partial charge in [-0.3, -0.25) is 4.79 Å². The number of nitrogens with zero attached hydrogens (tertiary/aromatic N) is 1. The molecule has 6 nitrogen and oxygen atoms in total. The van der Waals surface area contributed by atoms with Crippen molar-refractivity contribution in [1.82, 2.24) is 0 Å². The Morgan fingerprint density at radius 2 is 1.74 bits per heavy atom. The molecule has 3 rings (SSSR count). The van der Waals surface area contributed by atoms with Gasteiger partial charge in [0.25, 0.3) is 5.91 Å². The van der Waals surface area contributed by atoms with Crippen molar-refractivity contribution in [2.75, 3.05) is 24.4 Å². The standard InChI is InChI=1S/C19H18ClNO5S/c1-25-17-8-4-15(5-9-17)21(16-10-11-27(23,24)13-16)19(22)12-26-18-6-2-14(20)3-7-18/h2-11,16H,12-13H2,1H3. The Balaban J connectivity index is 1.80. The Bertz CT molecular complexity index is 939. The zero-order valence-corrected chi connectivity index (χ0v) is 16.1. The van der Waals surface area contributed by atoms with Gasteiger partial charge in [-0.2, -0.15) is 0 Å². The molecular weight excluding hydrogens is 390 g/mol. The van der Waals surface area contributed by atoms with E-state index in [1.165, 1.54) is 11.0 Å². The van der Waals surface area contributed by atoms with Crippen LogP contribution in [-0.2, 0) is 14.6 Å². The number of sulfone groups is 1. The van der Waals surface area contributed by atoms with Gasteiger partial charge in [-0.25, -0.2) is 8.42 Å². The molecule has 0 fully saturated rings. The van der Waals surface area contributed by atoms with Gasteiger partial charge in [0.05, 0.1) is 18.9 Å². The van der Waals surface area contributed by atoms with Crippen LogP contribution in [0.3, 0.4) is 0 Å². The zero-order chi connectivity index (χ0) is 19.4. The van der Waals surface area contributed by atoms with Gasteiger partial charge in [-0.05, 0) is 54.6 Å². The van der Waals surface area contributed by atoms with Crippen molar-refractivity contribution in [3.8, 4) is 11.5 Å². The number of ether oxygens (including phenoxy) is 2. The van der Waals surface area contributed by atoms with Crippen LogP contribution in [0.15, 0.2) is 60.0 Å². The highest BCUT2D eigenvalue weighted by molar-refractivity contribution is 7.94. The monoisotopic (exact) mass is 407 g/mol. The largest absolute Gasteiger partial charge is 0.497 e. The minimum Gasteiger partial charge on any atom is -0.497 e. The first-order chi connectivity index (χ1) is 12.9. The minimum absolute atomic E-state index is 0.161. The van der Waals surface area contributed by atoms with Crippen molar-refractivity contribution in [3.63, 3.8) is 0 Å². The van der Waals surface area contributed by atoms with Gasteiger partial charge in [-0.1, -0.05) is 11.6 Å². The third-order valence-electron chi connectivity index (χ3n) is 4.04. The van der Waals surface area contributed by atoms with E-state index in [0.29, 0.717) is 22.2 Å². The maximum Gasteiger partial charge on any atom is 0.265 e. The Morgan fingerprint density at radius 3 is 2.30 bits per heavy atom. The van der Waals surface area contributed by atoms with Crippen molar-refractivity contribution in [1.29, 1.82) is 0 Å². The number of carbonyl (C=O) groups excluding carboxylic acids is 1. The number of hydrogen-bond donors (Lipinski definition) is 0. The summed E-state index contributed by atoms with van der Waals surface area (Å²) >= 11 is 5.84. The Hall–Kier alpha value is -2.51. The van der Waals surface area contributed by atoms with Gasteiger partial charge >= 0.3 is 0 Å². The van der Waals surface area contributed by atoms with Gasteiger partial charge < -0.3 is 14.4 Å². The molecule has 0 radical (unpaired) electrons. The van der Waals surface area contributed by atoms with Crippen LogP contribution < -0.4 is 14.4 Å². The predicted molar refractivity (Wildman–Crippen MR) is 104 cm³/mol. The number of rotatable bonds is 6. The second-order valence-electron chi connectivity index (χ2n) is 5.93. The molecular formula is C19H18ClNO5S. The molecule has 0 aromatic heterocycles.